The first-order chi connectivity index (χ1) is 10.9. The lowest BCUT2D eigenvalue weighted by Crippen LogP contribution is -2.40. The van der Waals surface area contributed by atoms with Crippen molar-refractivity contribution >= 4 is 27.3 Å². The smallest absolute Gasteiger partial charge is 0.380 e. The van der Waals surface area contributed by atoms with Crippen molar-refractivity contribution in [2.75, 3.05) is 13.7 Å². The molecule has 1 amide bonds. The standard InChI is InChI=1S/C16H16F3NO2S/c1-22-8-12-11-4-2-3-5-13(11)23-14(12)15(21)20(10-6-7-10)9-16(17,18)19/h2-5,10H,6-9H2,1H3. The first-order valence-electron chi connectivity index (χ1n) is 7.28. The van der Waals surface area contributed by atoms with Crippen molar-refractivity contribution in [2.24, 2.45) is 0 Å². The summed E-state index contributed by atoms with van der Waals surface area (Å²) in [6, 6.07) is 7.11. The SMILES string of the molecule is COCc1c(C(=O)N(CC(F)(F)F)C2CC2)sc2ccccc12. The molecule has 1 aromatic carbocycles. The van der Waals surface area contributed by atoms with Crippen LogP contribution in [0.3, 0.4) is 0 Å². The van der Waals surface area contributed by atoms with E-state index >= 15 is 0 Å². The van der Waals surface area contributed by atoms with Gasteiger partial charge in [0.05, 0.1) is 11.5 Å². The van der Waals surface area contributed by atoms with Crippen molar-refractivity contribution < 1.29 is 22.7 Å². The summed E-state index contributed by atoms with van der Waals surface area (Å²) in [6.07, 6.45) is -3.13. The average Bonchev–Trinajstić information content (AvgIpc) is 3.27. The summed E-state index contributed by atoms with van der Waals surface area (Å²) in [7, 11) is 1.51. The van der Waals surface area contributed by atoms with E-state index in [0.29, 0.717) is 23.3 Å². The zero-order valence-electron chi connectivity index (χ0n) is 12.5. The predicted octanol–water partition coefficient (Wildman–Crippen LogP) is 4.21. The molecule has 3 nitrogen and oxygen atoms in total. The van der Waals surface area contributed by atoms with Gasteiger partial charge in [0, 0.05) is 23.4 Å². The molecule has 0 saturated heterocycles. The summed E-state index contributed by atoms with van der Waals surface area (Å²) < 4.78 is 44.5. The Hall–Kier alpha value is -1.60. The molecule has 0 N–H and O–H groups in total. The Morgan fingerprint density at radius 3 is 2.65 bits per heavy atom. The van der Waals surface area contributed by atoms with Crippen LogP contribution in [0.5, 0.6) is 0 Å². The van der Waals surface area contributed by atoms with Gasteiger partial charge in [0.25, 0.3) is 5.91 Å². The Morgan fingerprint density at radius 2 is 2.04 bits per heavy atom. The van der Waals surface area contributed by atoms with E-state index in [0.717, 1.165) is 15.0 Å². The third kappa shape index (κ3) is 3.50. The van der Waals surface area contributed by atoms with Gasteiger partial charge >= 0.3 is 6.18 Å². The van der Waals surface area contributed by atoms with Gasteiger partial charge in [0.2, 0.25) is 0 Å². The minimum Gasteiger partial charge on any atom is -0.380 e. The topological polar surface area (TPSA) is 29.5 Å². The first-order valence-corrected chi connectivity index (χ1v) is 8.09. The zero-order valence-corrected chi connectivity index (χ0v) is 13.3. The largest absolute Gasteiger partial charge is 0.406 e. The fraction of sp³-hybridized carbons (Fsp3) is 0.438. The number of thiophene rings is 1. The summed E-state index contributed by atoms with van der Waals surface area (Å²) in [5.74, 6) is -0.543. The average molecular weight is 343 g/mol. The van der Waals surface area contributed by atoms with Gasteiger partial charge in [-0.05, 0) is 24.3 Å². The second-order valence-corrected chi connectivity index (χ2v) is 6.67. The molecule has 0 spiro atoms. The number of benzene rings is 1. The molecule has 0 atom stereocenters. The summed E-state index contributed by atoms with van der Waals surface area (Å²) in [5, 5.41) is 0.866. The van der Waals surface area contributed by atoms with Gasteiger partial charge in [-0.3, -0.25) is 4.79 Å². The Bertz CT molecular complexity index is 722. The molecule has 1 aliphatic carbocycles. The molecule has 0 aliphatic heterocycles. The molecule has 23 heavy (non-hydrogen) atoms. The van der Waals surface area contributed by atoms with Gasteiger partial charge in [-0.2, -0.15) is 13.2 Å². The molecule has 3 rings (SSSR count). The van der Waals surface area contributed by atoms with E-state index in [9.17, 15) is 18.0 Å². The van der Waals surface area contributed by atoms with E-state index < -0.39 is 18.6 Å². The van der Waals surface area contributed by atoms with E-state index in [1.807, 2.05) is 24.3 Å². The van der Waals surface area contributed by atoms with Crippen LogP contribution < -0.4 is 0 Å². The maximum absolute atomic E-state index is 12.8. The molecule has 1 heterocycles. The third-order valence-corrected chi connectivity index (χ3v) is 4.98. The fourth-order valence-electron chi connectivity index (χ4n) is 2.64. The molecule has 1 fully saturated rings. The van der Waals surface area contributed by atoms with E-state index in [-0.39, 0.29) is 12.6 Å². The Labute approximate surface area is 135 Å². The lowest BCUT2D eigenvalue weighted by atomic mass is 10.1. The van der Waals surface area contributed by atoms with Gasteiger partial charge in [-0.25, -0.2) is 0 Å². The van der Waals surface area contributed by atoms with Gasteiger partial charge in [0.1, 0.15) is 6.54 Å². The number of fused-ring (bicyclic) bond motifs is 1. The molecule has 2 aromatic rings. The number of amides is 1. The lowest BCUT2D eigenvalue weighted by Gasteiger charge is -2.23. The molecular weight excluding hydrogens is 327 g/mol. The predicted molar refractivity (Wildman–Crippen MR) is 82.7 cm³/mol. The Balaban J connectivity index is 2.00. The third-order valence-electron chi connectivity index (χ3n) is 3.78. The molecular formula is C16H16F3NO2S. The van der Waals surface area contributed by atoms with Crippen LogP contribution in [-0.2, 0) is 11.3 Å². The van der Waals surface area contributed by atoms with Gasteiger partial charge in [-0.15, -0.1) is 11.3 Å². The highest BCUT2D eigenvalue weighted by Gasteiger charge is 2.41. The molecule has 7 heteroatoms. The number of carbonyl (C=O) groups is 1. The van der Waals surface area contributed by atoms with Crippen molar-refractivity contribution in [3.63, 3.8) is 0 Å². The maximum atomic E-state index is 12.8. The van der Waals surface area contributed by atoms with Crippen LogP contribution in [0.2, 0.25) is 0 Å². The summed E-state index contributed by atoms with van der Waals surface area (Å²) >= 11 is 1.23. The molecule has 1 aromatic heterocycles. The lowest BCUT2D eigenvalue weighted by molar-refractivity contribution is -0.141. The van der Waals surface area contributed by atoms with Crippen LogP contribution in [0.25, 0.3) is 10.1 Å². The number of rotatable bonds is 5. The van der Waals surface area contributed by atoms with Crippen LogP contribution in [0, 0.1) is 0 Å². The van der Waals surface area contributed by atoms with Crippen LogP contribution in [0.1, 0.15) is 28.1 Å². The van der Waals surface area contributed by atoms with Crippen LogP contribution in [0.4, 0.5) is 13.2 Å². The van der Waals surface area contributed by atoms with E-state index in [4.69, 9.17) is 4.74 Å². The molecule has 1 saturated carbocycles. The summed E-state index contributed by atoms with van der Waals surface area (Å²) in [5.41, 5.74) is 0.672. The molecule has 0 unspecified atom stereocenters. The van der Waals surface area contributed by atoms with Crippen LogP contribution >= 0.6 is 11.3 Å². The zero-order chi connectivity index (χ0) is 16.6. The number of carbonyl (C=O) groups excluding carboxylic acids is 1. The Morgan fingerprint density at radius 1 is 1.35 bits per heavy atom. The number of ether oxygens (including phenoxy) is 1. The highest BCUT2D eigenvalue weighted by atomic mass is 32.1. The monoisotopic (exact) mass is 343 g/mol. The van der Waals surface area contributed by atoms with Gasteiger partial charge < -0.3 is 9.64 Å². The van der Waals surface area contributed by atoms with Crippen molar-refractivity contribution in [3.05, 3.63) is 34.7 Å². The Kier molecular flexibility index (Phi) is 4.33. The normalized spacial score (nSPS) is 15.1. The highest BCUT2D eigenvalue weighted by Crippen LogP contribution is 2.36. The number of alkyl halides is 3. The van der Waals surface area contributed by atoms with E-state index in [1.54, 1.807) is 0 Å². The van der Waals surface area contributed by atoms with Crippen LogP contribution in [-0.4, -0.2) is 36.7 Å². The van der Waals surface area contributed by atoms with Gasteiger partial charge in [-0.1, -0.05) is 18.2 Å². The molecule has 124 valence electrons. The van der Waals surface area contributed by atoms with Crippen molar-refractivity contribution in [1.82, 2.24) is 4.90 Å². The van der Waals surface area contributed by atoms with Gasteiger partial charge in [0.15, 0.2) is 0 Å². The molecule has 0 bridgehead atoms. The van der Waals surface area contributed by atoms with Crippen molar-refractivity contribution in [1.29, 1.82) is 0 Å². The van der Waals surface area contributed by atoms with Crippen LogP contribution in [0.15, 0.2) is 24.3 Å². The van der Waals surface area contributed by atoms with E-state index in [1.165, 1.54) is 18.4 Å². The number of nitrogens with zero attached hydrogens (tertiary/aromatic N) is 1. The summed E-state index contributed by atoms with van der Waals surface area (Å²) in [4.78, 5) is 14.1. The maximum Gasteiger partial charge on any atom is 0.406 e. The quantitative estimate of drug-likeness (QED) is 0.814. The number of methoxy groups -OCH3 is 1. The first kappa shape index (κ1) is 16.3. The molecule has 0 radical (unpaired) electrons. The number of hydrogen-bond acceptors (Lipinski definition) is 3. The second kappa shape index (κ2) is 6.13. The van der Waals surface area contributed by atoms with Crippen molar-refractivity contribution in [2.45, 2.75) is 31.7 Å². The highest BCUT2D eigenvalue weighted by molar-refractivity contribution is 7.21. The number of hydrogen-bond donors (Lipinski definition) is 0. The fourth-order valence-corrected chi connectivity index (χ4v) is 3.80. The van der Waals surface area contributed by atoms with Crippen molar-refractivity contribution in [3.8, 4) is 0 Å². The second-order valence-electron chi connectivity index (χ2n) is 5.62. The minimum atomic E-state index is -4.39. The number of halogens is 3. The summed E-state index contributed by atoms with van der Waals surface area (Å²) in [6.45, 7) is -0.993. The van der Waals surface area contributed by atoms with E-state index in [2.05, 4.69) is 0 Å². The molecule has 1 aliphatic rings. The minimum absolute atomic E-state index is 0.204.